The molecule has 0 bridgehead atoms. The Kier molecular flexibility index (Phi) is 6.39. The lowest BCUT2D eigenvalue weighted by molar-refractivity contribution is -0.151. The molecule has 1 aliphatic rings. The van der Waals surface area contributed by atoms with E-state index in [0.717, 1.165) is 5.56 Å². The summed E-state index contributed by atoms with van der Waals surface area (Å²) in [5.74, 6) is 0.336. The fourth-order valence-electron chi connectivity index (χ4n) is 3.75. The van der Waals surface area contributed by atoms with Crippen molar-refractivity contribution in [1.29, 1.82) is 0 Å². The zero-order chi connectivity index (χ0) is 22.8. The number of carboxylic acids is 1. The zero-order valence-electron chi connectivity index (χ0n) is 17.7. The highest BCUT2D eigenvalue weighted by Gasteiger charge is 2.35. The molecular weight excluding hydrogens is 436 g/mol. The molecule has 7 nitrogen and oxygen atoms in total. The first-order valence-corrected chi connectivity index (χ1v) is 10.6. The van der Waals surface area contributed by atoms with Crippen LogP contribution in [-0.2, 0) is 9.53 Å². The fraction of sp³-hybridized carbons (Fsp3) is 0.333. The number of hydrogen-bond acceptors (Lipinski definition) is 6. The summed E-state index contributed by atoms with van der Waals surface area (Å²) >= 11 is 6.25. The molecule has 1 aromatic heterocycles. The van der Waals surface area contributed by atoms with Gasteiger partial charge in [0.15, 0.2) is 11.0 Å². The minimum absolute atomic E-state index is 0.0626. The van der Waals surface area contributed by atoms with Crippen LogP contribution in [0.5, 0.6) is 11.5 Å². The van der Waals surface area contributed by atoms with E-state index in [4.69, 9.17) is 35.3 Å². The van der Waals surface area contributed by atoms with Gasteiger partial charge in [-0.3, -0.25) is 9.59 Å². The topological polar surface area (TPSA) is 95.2 Å². The normalized spacial score (nSPS) is 17.7. The van der Waals surface area contributed by atoms with Gasteiger partial charge < -0.3 is 23.7 Å². The Labute approximate surface area is 189 Å². The quantitative estimate of drug-likeness (QED) is 0.489. The van der Waals surface area contributed by atoms with Crippen LogP contribution in [0.2, 0.25) is 5.02 Å². The van der Waals surface area contributed by atoms with E-state index < -0.39 is 5.97 Å². The third kappa shape index (κ3) is 4.45. The zero-order valence-corrected chi connectivity index (χ0v) is 18.5. The number of benzene rings is 2. The number of fused-ring (bicyclic) bond motifs is 1. The van der Waals surface area contributed by atoms with Crippen LogP contribution in [0.4, 0.5) is 0 Å². The van der Waals surface area contributed by atoms with Crippen LogP contribution >= 0.6 is 11.6 Å². The van der Waals surface area contributed by atoms with E-state index in [9.17, 15) is 9.59 Å². The average molecular weight is 459 g/mol. The number of ether oxygens (including phenoxy) is 3. The second kappa shape index (κ2) is 9.22. The van der Waals surface area contributed by atoms with Gasteiger partial charge in [-0.15, -0.1) is 0 Å². The lowest BCUT2D eigenvalue weighted by Gasteiger charge is -2.32. The van der Waals surface area contributed by atoms with Crippen LogP contribution in [-0.4, -0.2) is 37.5 Å². The first-order chi connectivity index (χ1) is 15.4. The van der Waals surface area contributed by atoms with Gasteiger partial charge in [0.1, 0.15) is 23.9 Å². The highest BCUT2D eigenvalue weighted by molar-refractivity contribution is 6.34. The summed E-state index contributed by atoms with van der Waals surface area (Å²) in [5, 5.41) is 9.71. The van der Waals surface area contributed by atoms with Gasteiger partial charge in [0.05, 0.1) is 41.7 Å². The van der Waals surface area contributed by atoms with Gasteiger partial charge in [0.2, 0.25) is 0 Å². The number of carboxylic acid groups (broad SMARTS) is 1. The molecule has 168 valence electrons. The highest BCUT2D eigenvalue weighted by Crippen LogP contribution is 2.37. The predicted molar refractivity (Wildman–Crippen MR) is 120 cm³/mol. The van der Waals surface area contributed by atoms with Crippen molar-refractivity contribution in [3.63, 3.8) is 0 Å². The number of aliphatic carboxylic acids is 1. The van der Waals surface area contributed by atoms with E-state index in [-0.39, 0.29) is 24.1 Å². The summed E-state index contributed by atoms with van der Waals surface area (Å²) in [6.45, 7) is 2.43. The van der Waals surface area contributed by atoms with Gasteiger partial charge >= 0.3 is 5.97 Å². The van der Waals surface area contributed by atoms with Crippen molar-refractivity contribution in [2.75, 3.05) is 20.3 Å². The molecule has 1 fully saturated rings. The molecule has 3 aromatic rings. The monoisotopic (exact) mass is 458 g/mol. The molecule has 4 rings (SSSR count). The van der Waals surface area contributed by atoms with Crippen LogP contribution < -0.4 is 14.9 Å². The molecular formula is C24H23ClO7. The number of carbonyl (C=O) groups is 1. The van der Waals surface area contributed by atoms with Crippen LogP contribution in [0.1, 0.15) is 18.4 Å². The van der Waals surface area contributed by atoms with Gasteiger partial charge in [-0.2, -0.15) is 0 Å². The van der Waals surface area contributed by atoms with E-state index in [0.29, 0.717) is 58.3 Å². The first kappa shape index (κ1) is 22.2. The van der Waals surface area contributed by atoms with Crippen molar-refractivity contribution < 1.29 is 28.5 Å². The Balaban J connectivity index is 1.57. The molecule has 1 aliphatic carbocycles. The second-order valence-electron chi connectivity index (χ2n) is 7.76. The number of rotatable bonds is 8. The van der Waals surface area contributed by atoms with E-state index >= 15 is 0 Å². The van der Waals surface area contributed by atoms with Crippen LogP contribution in [0.15, 0.2) is 45.6 Å². The summed E-state index contributed by atoms with van der Waals surface area (Å²) in [4.78, 5) is 23.5. The van der Waals surface area contributed by atoms with E-state index in [2.05, 4.69) is 0 Å². The smallest absolute Gasteiger partial charge is 0.306 e. The molecule has 0 saturated heterocycles. The summed E-state index contributed by atoms with van der Waals surface area (Å²) in [6, 6.07) is 10.0. The van der Waals surface area contributed by atoms with Crippen LogP contribution in [0.3, 0.4) is 0 Å². The lowest BCUT2D eigenvalue weighted by Crippen LogP contribution is -2.37. The standard InChI is InChI=1S/C24H23ClO7/c1-13-8-17(22-11-19(26)16-4-3-5-18(25)23(16)32-22)21(12-20(13)29-2)31-7-6-30-15-9-14(10-15)24(27)28/h3-5,8,11-12,14-15H,6-7,9-10H2,1-2H3,(H,27,28). The molecule has 2 aromatic carbocycles. The van der Waals surface area contributed by atoms with Gasteiger partial charge in [0, 0.05) is 12.1 Å². The second-order valence-corrected chi connectivity index (χ2v) is 8.16. The third-order valence-corrected chi connectivity index (χ3v) is 5.91. The summed E-state index contributed by atoms with van der Waals surface area (Å²) in [5.41, 5.74) is 1.56. The van der Waals surface area contributed by atoms with Crippen LogP contribution in [0.25, 0.3) is 22.3 Å². The molecule has 0 radical (unpaired) electrons. The van der Waals surface area contributed by atoms with E-state index in [1.165, 1.54) is 6.07 Å². The van der Waals surface area contributed by atoms with E-state index in [1.54, 1.807) is 31.4 Å². The molecule has 32 heavy (non-hydrogen) atoms. The average Bonchev–Trinajstić information content (AvgIpc) is 2.73. The Morgan fingerprint density at radius 2 is 1.97 bits per heavy atom. The summed E-state index contributed by atoms with van der Waals surface area (Å²) < 4.78 is 23.0. The van der Waals surface area contributed by atoms with Crippen molar-refractivity contribution in [2.45, 2.75) is 25.9 Å². The molecule has 0 unspecified atom stereocenters. The fourth-order valence-corrected chi connectivity index (χ4v) is 3.96. The van der Waals surface area contributed by atoms with Crippen molar-refractivity contribution >= 4 is 28.5 Å². The Bertz CT molecular complexity index is 1210. The maximum atomic E-state index is 12.6. The largest absolute Gasteiger partial charge is 0.496 e. The predicted octanol–water partition coefficient (Wildman–Crippen LogP) is 4.69. The van der Waals surface area contributed by atoms with Gasteiger partial charge in [-0.05, 0) is 43.5 Å². The maximum absolute atomic E-state index is 12.6. The van der Waals surface area contributed by atoms with Gasteiger partial charge in [0.25, 0.3) is 0 Å². The molecule has 8 heteroatoms. The Morgan fingerprint density at radius 1 is 1.19 bits per heavy atom. The van der Waals surface area contributed by atoms with Crippen molar-refractivity contribution in [1.82, 2.24) is 0 Å². The molecule has 1 saturated carbocycles. The SMILES string of the molecule is COc1cc(OCCOC2CC(C(=O)O)C2)c(-c2cc(=O)c3cccc(Cl)c3o2)cc1C. The molecule has 1 heterocycles. The highest BCUT2D eigenvalue weighted by atomic mass is 35.5. The maximum Gasteiger partial charge on any atom is 0.306 e. The molecule has 0 aliphatic heterocycles. The Hall–Kier alpha value is -3.03. The van der Waals surface area contributed by atoms with Gasteiger partial charge in [-0.1, -0.05) is 17.7 Å². The minimum Gasteiger partial charge on any atom is -0.496 e. The van der Waals surface area contributed by atoms with Crippen molar-refractivity contribution in [2.24, 2.45) is 5.92 Å². The van der Waals surface area contributed by atoms with Crippen LogP contribution in [0, 0.1) is 12.8 Å². The van der Waals surface area contributed by atoms with Gasteiger partial charge in [-0.25, -0.2) is 0 Å². The number of aryl methyl sites for hydroxylation is 1. The number of hydrogen-bond donors (Lipinski definition) is 1. The first-order valence-electron chi connectivity index (χ1n) is 10.3. The minimum atomic E-state index is -0.783. The summed E-state index contributed by atoms with van der Waals surface area (Å²) in [7, 11) is 1.57. The lowest BCUT2D eigenvalue weighted by atomic mass is 9.82. The van der Waals surface area contributed by atoms with Crippen molar-refractivity contribution in [3.05, 3.63) is 57.2 Å². The van der Waals surface area contributed by atoms with Crippen molar-refractivity contribution in [3.8, 4) is 22.8 Å². The molecule has 0 spiro atoms. The number of para-hydroxylation sites is 1. The number of methoxy groups -OCH3 is 1. The van der Waals surface area contributed by atoms with E-state index in [1.807, 2.05) is 13.0 Å². The Morgan fingerprint density at radius 3 is 2.69 bits per heavy atom. The molecule has 0 atom stereocenters. The third-order valence-electron chi connectivity index (χ3n) is 5.61. The molecule has 1 N–H and O–H groups in total. The molecule has 0 amide bonds. The number of halogens is 1. The summed E-state index contributed by atoms with van der Waals surface area (Å²) in [6.07, 6.45) is 0.969.